The van der Waals surface area contributed by atoms with Gasteiger partial charge in [-0.1, -0.05) is 124 Å². The fourth-order valence-corrected chi connectivity index (χ4v) is 8.21. The largest absolute Gasteiger partial charge is 0.309 e. The molecular formula is C50H38N4. The Morgan fingerprint density at radius 1 is 0.389 bits per heavy atom. The predicted molar refractivity (Wildman–Crippen MR) is 227 cm³/mol. The van der Waals surface area contributed by atoms with E-state index in [0.29, 0.717) is 0 Å². The number of pyridine rings is 2. The predicted octanol–water partition coefficient (Wildman–Crippen LogP) is 13.1. The van der Waals surface area contributed by atoms with E-state index in [1.54, 1.807) is 0 Å². The quantitative estimate of drug-likeness (QED) is 0.185. The third-order valence-electron chi connectivity index (χ3n) is 10.8. The topological polar surface area (TPSA) is 35.6 Å². The molecule has 54 heavy (non-hydrogen) atoms. The lowest BCUT2D eigenvalue weighted by Gasteiger charge is -2.20. The number of benzene rings is 6. The summed E-state index contributed by atoms with van der Waals surface area (Å²) in [5.74, 6) is 0.911. The van der Waals surface area contributed by atoms with Crippen molar-refractivity contribution in [1.29, 1.82) is 0 Å². The first-order valence-corrected chi connectivity index (χ1v) is 18.6. The zero-order valence-corrected chi connectivity index (χ0v) is 30.5. The highest BCUT2D eigenvalue weighted by atomic mass is 15.1. The molecule has 0 unspecified atom stereocenters. The van der Waals surface area contributed by atoms with Crippen LogP contribution in [0.2, 0.25) is 0 Å². The monoisotopic (exact) mass is 694 g/mol. The molecule has 4 heteroatoms. The van der Waals surface area contributed by atoms with Crippen LogP contribution in [0.15, 0.2) is 176 Å². The van der Waals surface area contributed by atoms with Crippen LogP contribution in [0, 0.1) is 0 Å². The molecule has 10 aromatic rings. The summed E-state index contributed by atoms with van der Waals surface area (Å²) in [5, 5.41) is 9.50. The molecule has 6 aromatic carbocycles. The Morgan fingerprint density at radius 2 is 0.944 bits per heavy atom. The van der Waals surface area contributed by atoms with Gasteiger partial charge < -0.3 is 4.57 Å². The molecule has 0 N–H and O–H groups in total. The molecule has 258 valence electrons. The first kappa shape index (κ1) is 31.9. The van der Waals surface area contributed by atoms with Gasteiger partial charge in [0.05, 0.1) is 27.8 Å². The maximum absolute atomic E-state index is 5.02. The van der Waals surface area contributed by atoms with Crippen LogP contribution in [0.5, 0.6) is 0 Å². The number of aromatic nitrogens is 4. The minimum absolute atomic E-state index is 0.0259. The van der Waals surface area contributed by atoms with Crippen molar-refractivity contribution in [1.82, 2.24) is 19.1 Å². The van der Waals surface area contributed by atoms with Crippen LogP contribution in [0.3, 0.4) is 0 Å². The standard InChI is InChI=1S/C50H38N4/c1-50(2,3)34-26-28-52-49(30-34)54-46-25-11-9-22-41(46)43-31-42-39-20-7-5-18-37(39)36-17-4-6-19-38(36)40-21-8-10-24-45(40)53(47(42)32-48(43)54)35-16-14-15-33(29-35)44-23-12-13-27-51-44/h4-32H,1-3H3. The Bertz CT molecular complexity index is 3140. The highest BCUT2D eigenvalue weighted by molar-refractivity contribution is 6.22. The molecule has 0 aliphatic rings. The number of hydrogen-bond donors (Lipinski definition) is 0. The molecule has 4 aromatic heterocycles. The summed E-state index contributed by atoms with van der Waals surface area (Å²) in [7, 11) is 0. The van der Waals surface area contributed by atoms with Crippen molar-refractivity contribution in [3.63, 3.8) is 0 Å². The van der Waals surface area contributed by atoms with Crippen LogP contribution in [0.25, 0.3) is 87.9 Å². The SMILES string of the molecule is CC(C)(C)c1ccnc(-n2c3ccccc3c3cc4c5ccccc5c5ccccc5c5ccccc5n(-c5cccc(-c6ccccn6)c5)c4cc32)c1. The summed E-state index contributed by atoms with van der Waals surface area (Å²) in [4.78, 5) is 9.76. The molecule has 0 fully saturated rings. The van der Waals surface area contributed by atoms with E-state index in [9.17, 15) is 0 Å². The van der Waals surface area contributed by atoms with E-state index in [1.165, 1.54) is 43.3 Å². The van der Waals surface area contributed by atoms with Crippen molar-refractivity contribution in [3.05, 3.63) is 182 Å². The highest BCUT2D eigenvalue weighted by Gasteiger charge is 2.20. The number of rotatable bonds is 3. The van der Waals surface area contributed by atoms with Gasteiger partial charge in [-0.2, -0.15) is 0 Å². The Balaban J connectivity index is 1.48. The molecule has 0 spiro atoms. The van der Waals surface area contributed by atoms with Gasteiger partial charge in [-0.15, -0.1) is 0 Å². The van der Waals surface area contributed by atoms with Crippen molar-refractivity contribution in [2.45, 2.75) is 26.2 Å². The number of fused-ring (bicyclic) bond motifs is 10. The Kier molecular flexibility index (Phi) is 7.34. The first-order chi connectivity index (χ1) is 26.4. The van der Waals surface area contributed by atoms with Crippen molar-refractivity contribution in [2.24, 2.45) is 0 Å². The molecule has 0 amide bonds. The lowest BCUT2D eigenvalue weighted by molar-refractivity contribution is 0.588. The summed E-state index contributed by atoms with van der Waals surface area (Å²) >= 11 is 0. The summed E-state index contributed by atoms with van der Waals surface area (Å²) in [6, 6.07) is 59.3. The summed E-state index contributed by atoms with van der Waals surface area (Å²) in [6.07, 6.45) is 3.81. The lowest BCUT2D eigenvalue weighted by Crippen LogP contribution is -2.12. The molecule has 0 atom stereocenters. The summed E-state index contributed by atoms with van der Waals surface area (Å²) in [6.45, 7) is 6.77. The fourth-order valence-electron chi connectivity index (χ4n) is 8.21. The number of nitrogens with zero attached hydrogens (tertiary/aromatic N) is 4. The summed E-state index contributed by atoms with van der Waals surface area (Å²) in [5.41, 5.74) is 8.70. The van der Waals surface area contributed by atoms with Gasteiger partial charge in [-0.3, -0.25) is 9.55 Å². The maximum Gasteiger partial charge on any atom is 0.137 e. The van der Waals surface area contributed by atoms with Gasteiger partial charge in [-0.05, 0) is 93.2 Å². The van der Waals surface area contributed by atoms with Gasteiger partial charge in [0, 0.05) is 45.2 Å². The van der Waals surface area contributed by atoms with Gasteiger partial charge in [0.2, 0.25) is 0 Å². The van der Waals surface area contributed by atoms with Gasteiger partial charge >= 0.3 is 0 Å². The van der Waals surface area contributed by atoms with E-state index >= 15 is 0 Å². The third-order valence-corrected chi connectivity index (χ3v) is 10.8. The van der Waals surface area contributed by atoms with E-state index in [2.05, 4.69) is 182 Å². The van der Waals surface area contributed by atoms with Crippen LogP contribution in [-0.4, -0.2) is 19.1 Å². The molecule has 0 aliphatic carbocycles. The van der Waals surface area contributed by atoms with Crippen molar-refractivity contribution >= 4 is 65.2 Å². The second-order valence-corrected chi connectivity index (χ2v) is 15.1. The highest BCUT2D eigenvalue weighted by Crippen LogP contribution is 2.40. The molecule has 0 bridgehead atoms. The Hall–Kier alpha value is -6.78. The zero-order chi connectivity index (χ0) is 36.4. The minimum Gasteiger partial charge on any atom is -0.309 e. The average molecular weight is 695 g/mol. The molecule has 4 heterocycles. The number of hydrogen-bond acceptors (Lipinski definition) is 2. The van der Waals surface area contributed by atoms with Crippen LogP contribution >= 0.6 is 0 Å². The van der Waals surface area contributed by atoms with E-state index < -0.39 is 0 Å². The normalized spacial score (nSPS) is 12.0. The molecule has 10 rings (SSSR count). The van der Waals surface area contributed by atoms with Crippen molar-refractivity contribution < 1.29 is 0 Å². The second-order valence-electron chi connectivity index (χ2n) is 15.1. The lowest BCUT2D eigenvalue weighted by atomic mass is 9.88. The van der Waals surface area contributed by atoms with E-state index in [1.807, 2.05) is 24.5 Å². The maximum atomic E-state index is 5.02. The van der Waals surface area contributed by atoms with Crippen LogP contribution in [-0.2, 0) is 5.41 Å². The van der Waals surface area contributed by atoms with Gasteiger partial charge in [0.15, 0.2) is 0 Å². The first-order valence-electron chi connectivity index (χ1n) is 18.6. The van der Waals surface area contributed by atoms with Gasteiger partial charge in [0.1, 0.15) is 5.82 Å². The molecule has 4 nitrogen and oxygen atoms in total. The van der Waals surface area contributed by atoms with E-state index in [0.717, 1.165) is 50.2 Å². The average Bonchev–Trinajstić information content (AvgIpc) is 3.55. The molecule has 0 radical (unpaired) electrons. The molecule has 0 saturated carbocycles. The Morgan fingerprint density at radius 3 is 1.61 bits per heavy atom. The van der Waals surface area contributed by atoms with Crippen LogP contribution in [0.1, 0.15) is 26.3 Å². The molecule has 0 saturated heterocycles. The van der Waals surface area contributed by atoms with Gasteiger partial charge in [0.25, 0.3) is 0 Å². The summed E-state index contributed by atoms with van der Waals surface area (Å²) < 4.78 is 4.80. The van der Waals surface area contributed by atoms with E-state index in [-0.39, 0.29) is 5.41 Å². The second kappa shape index (κ2) is 12.4. The third kappa shape index (κ3) is 5.14. The number of para-hydroxylation sites is 2. The van der Waals surface area contributed by atoms with Crippen LogP contribution in [0.4, 0.5) is 0 Å². The molecule has 0 aliphatic heterocycles. The fraction of sp³-hybridized carbons (Fsp3) is 0.0800. The zero-order valence-electron chi connectivity index (χ0n) is 30.5. The Labute approximate surface area is 313 Å². The van der Waals surface area contributed by atoms with Crippen LogP contribution < -0.4 is 0 Å². The van der Waals surface area contributed by atoms with Gasteiger partial charge in [-0.25, -0.2) is 4.98 Å². The van der Waals surface area contributed by atoms with E-state index in [4.69, 9.17) is 9.97 Å². The van der Waals surface area contributed by atoms with Crippen molar-refractivity contribution in [2.75, 3.05) is 0 Å². The smallest absolute Gasteiger partial charge is 0.137 e. The molecular weight excluding hydrogens is 657 g/mol. The van der Waals surface area contributed by atoms with Crippen molar-refractivity contribution in [3.8, 4) is 22.8 Å². The minimum atomic E-state index is -0.0259.